The van der Waals surface area contributed by atoms with Crippen LogP contribution in [0.5, 0.6) is 5.75 Å². The SMILES string of the molecule is CN(C)CCCc1ccc(F)cc1O. The summed E-state index contributed by atoms with van der Waals surface area (Å²) in [5.74, 6) is -0.331. The molecule has 3 heteroatoms. The topological polar surface area (TPSA) is 23.5 Å². The van der Waals surface area contributed by atoms with Crippen LogP contribution in [0.3, 0.4) is 0 Å². The highest BCUT2D eigenvalue weighted by atomic mass is 19.1. The van der Waals surface area contributed by atoms with Gasteiger partial charge in [-0.3, -0.25) is 0 Å². The maximum absolute atomic E-state index is 12.6. The Morgan fingerprint density at radius 1 is 1.36 bits per heavy atom. The molecule has 1 N–H and O–H groups in total. The van der Waals surface area contributed by atoms with E-state index in [0.717, 1.165) is 31.0 Å². The summed E-state index contributed by atoms with van der Waals surface area (Å²) in [6, 6.07) is 4.18. The molecule has 0 atom stereocenters. The Labute approximate surface area is 84.0 Å². The predicted octanol–water partition coefficient (Wildman–Crippen LogP) is 2.03. The summed E-state index contributed by atoms with van der Waals surface area (Å²) in [6.45, 7) is 0.969. The van der Waals surface area contributed by atoms with Gasteiger partial charge in [0.25, 0.3) is 0 Å². The molecule has 0 saturated heterocycles. The molecule has 0 aliphatic heterocycles. The molecule has 0 saturated carbocycles. The molecule has 0 aliphatic carbocycles. The highest BCUT2D eigenvalue weighted by Crippen LogP contribution is 2.19. The Balaban J connectivity index is 2.51. The summed E-state index contributed by atoms with van der Waals surface area (Å²) in [5, 5.41) is 9.40. The Morgan fingerprint density at radius 3 is 2.64 bits per heavy atom. The molecule has 0 unspecified atom stereocenters. The highest BCUT2D eigenvalue weighted by molar-refractivity contribution is 5.32. The molecule has 0 bridgehead atoms. The van der Waals surface area contributed by atoms with E-state index >= 15 is 0 Å². The largest absolute Gasteiger partial charge is 0.508 e. The zero-order chi connectivity index (χ0) is 10.6. The van der Waals surface area contributed by atoms with E-state index in [-0.39, 0.29) is 11.6 Å². The minimum Gasteiger partial charge on any atom is -0.508 e. The van der Waals surface area contributed by atoms with Gasteiger partial charge in [-0.1, -0.05) is 6.07 Å². The number of rotatable bonds is 4. The van der Waals surface area contributed by atoms with Gasteiger partial charge in [0.2, 0.25) is 0 Å². The summed E-state index contributed by atoms with van der Waals surface area (Å²) in [5.41, 5.74) is 0.813. The smallest absolute Gasteiger partial charge is 0.126 e. The number of phenolic OH excluding ortho intramolecular Hbond substituents is 1. The second-order valence-corrected chi connectivity index (χ2v) is 3.68. The van der Waals surface area contributed by atoms with Gasteiger partial charge in [0, 0.05) is 6.07 Å². The van der Waals surface area contributed by atoms with Gasteiger partial charge in [0.1, 0.15) is 11.6 Å². The fourth-order valence-electron chi connectivity index (χ4n) is 1.33. The standard InChI is InChI=1S/C11H16FNO/c1-13(2)7-3-4-9-5-6-10(12)8-11(9)14/h5-6,8,14H,3-4,7H2,1-2H3. The number of hydrogen-bond acceptors (Lipinski definition) is 2. The first-order valence-electron chi connectivity index (χ1n) is 4.71. The van der Waals surface area contributed by atoms with Gasteiger partial charge in [0.05, 0.1) is 0 Å². The molecule has 0 heterocycles. The third-order valence-electron chi connectivity index (χ3n) is 2.10. The Kier molecular flexibility index (Phi) is 3.89. The minimum atomic E-state index is -0.390. The van der Waals surface area contributed by atoms with Crippen LogP contribution in [0.2, 0.25) is 0 Å². The van der Waals surface area contributed by atoms with E-state index in [1.54, 1.807) is 6.07 Å². The second kappa shape index (κ2) is 4.96. The molecule has 1 rings (SSSR count). The van der Waals surface area contributed by atoms with Crippen LogP contribution in [0.25, 0.3) is 0 Å². The summed E-state index contributed by atoms with van der Waals surface area (Å²) in [7, 11) is 4.01. The first-order valence-corrected chi connectivity index (χ1v) is 4.71. The highest BCUT2D eigenvalue weighted by Gasteiger charge is 2.02. The van der Waals surface area contributed by atoms with Crippen molar-refractivity contribution in [3.63, 3.8) is 0 Å². The van der Waals surface area contributed by atoms with Crippen LogP contribution in [-0.2, 0) is 6.42 Å². The van der Waals surface area contributed by atoms with E-state index < -0.39 is 0 Å². The fourth-order valence-corrected chi connectivity index (χ4v) is 1.33. The van der Waals surface area contributed by atoms with Gasteiger partial charge < -0.3 is 10.0 Å². The minimum absolute atomic E-state index is 0.0590. The molecule has 78 valence electrons. The lowest BCUT2D eigenvalue weighted by molar-refractivity contribution is 0.397. The third kappa shape index (κ3) is 3.34. The Bertz CT molecular complexity index is 299. The van der Waals surface area contributed by atoms with Crippen molar-refractivity contribution in [1.82, 2.24) is 4.90 Å². The summed E-state index contributed by atoms with van der Waals surface area (Å²) < 4.78 is 12.6. The van der Waals surface area contributed by atoms with Crippen LogP contribution in [-0.4, -0.2) is 30.6 Å². The molecule has 0 aromatic heterocycles. The van der Waals surface area contributed by atoms with Crippen molar-refractivity contribution in [2.45, 2.75) is 12.8 Å². The quantitative estimate of drug-likeness (QED) is 0.798. The summed E-state index contributed by atoms with van der Waals surface area (Å²) in [6.07, 6.45) is 1.75. The zero-order valence-corrected chi connectivity index (χ0v) is 8.63. The van der Waals surface area contributed by atoms with E-state index in [1.165, 1.54) is 6.07 Å². The molecule has 0 amide bonds. The van der Waals surface area contributed by atoms with Crippen molar-refractivity contribution in [1.29, 1.82) is 0 Å². The monoisotopic (exact) mass is 197 g/mol. The van der Waals surface area contributed by atoms with Crippen LogP contribution in [0, 0.1) is 5.82 Å². The molecule has 0 fully saturated rings. The second-order valence-electron chi connectivity index (χ2n) is 3.68. The van der Waals surface area contributed by atoms with E-state index in [9.17, 15) is 9.50 Å². The summed E-state index contributed by atoms with van der Waals surface area (Å²) in [4.78, 5) is 2.08. The van der Waals surface area contributed by atoms with Crippen LogP contribution < -0.4 is 0 Å². The van der Waals surface area contributed by atoms with Gasteiger partial charge in [0.15, 0.2) is 0 Å². The van der Waals surface area contributed by atoms with Gasteiger partial charge in [-0.2, -0.15) is 0 Å². The van der Waals surface area contributed by atoms with Crippen molar-refractivity contribution < 1.29 is 9.50 Å². The lowest BCUT2D eigenvalue weighted by Crippen LogP contribution is -2.13. The van der Waals surface area contributed by atoms with Crippen LogP contribution >= 0.6 is 0 Å². The number of aryl methyl sites for hydroxylation is 1. The molecule has 1 aromatic carbocycles. The normalized spacial score (nSPS) is 10.9. The Morgan fingerprint density at radius 2 is 2.07 bits per heavy atom. The van der Waals surface area contributed by atoms with Crippen LogP contribution in [0.4, 0.5) is 4.39 Å². The maximum atomic E-state index is 12.6. The van der Waals surface area contributed by atoms with Crippen molar-refractivity contribution in [2.75, 3.05) is 20.6 Å². The van der Waals surface area contributed by atoms with Crippen LogP contribution in [0.1, 0.15) is 12.0 Å². The van der Waals surface area contributed by atoms with Crippen molar-refractivity contribution >= 4 is 0 Å². The third-order valence-corrected chi connectivity index (χ3v) is 2.10. The maximum Gasteiger partial charge on any atom is 0.126 e. The molecular weight excluding hydrogens is 181 g/mol. The first kappa shape index (κ1) is 11.0. The summed E-state index contributed by atoms with van der Waals surface area (Å²) >= 11 is 0. The van der Waals surface area contributed by atoms with Crippen LogP contribution in [0.15, 0.2) is 18.2 Å². The molecule has 0 aliphatic rings. The molecule has 14 heavy (non-hydrogen) atoms. The zero-order valence-electron chi connectivity index (χ0n) is 8.63. The van der Waals surface area contributed by atoms with Crippen molar-refractivity contribution in [3.8, 4) is 5.75 Å². The number of aromatic hydroxyl groups is 1. The Hall–Kier alpha value is -1.09. The van der Waals surface area contributed by atoms with Gasteiger partial charge in [-0.05, 0) is 45.1 Å². The molecule has 1 aromatic rings. The molecule has 0 radical (unpaired) electrons. The van der Waals surface area contributed by atoms with Crippen molar-refractivity contribution in [2.24, 2.45) is 0 Å². The lowest BCUT2D eigenvalue weighted by Gasteiger charge is -2.09. The van der Waals surface area contributed by atoms with E-state index in [1.807, 2.05) is 14.1 Å². The number of phenols is 1. The molecule has 2 nitrogen and oxygen atoms in total. The average molecular weight is 197 g/mol. The van der Waals surface area contributed by atoms with E-state index in [4.69, 9.17) is 0 Å². The molecule has 0 spiro atoms. The predicted molar refractivity (Wildman–Crippen MR) is 54.9 cm³/mol. The number of hydrogen-bond donors (Lipinski definition) is 1. The van der Waals surface area contributed by atoms with Gasteiger partial charge in [-0.25, -0.2) is 4.39 Å². The fraction of sp³-hybridized carbons (Fsp3) is 0.455. The number of nitrogens with zero attached hydrogens (tertiary/aromatic N) is 1. The first-order chi connectivity index (χ1) is 6.59. The van der Waals surface area contributed by atoms with E-state index in [2.05, 4.69) is 4.90 Å². The number of benzene rings is 1. The van der Waals surface area contributed by atoms with Crippen molar-refractivity contribution in [3.05, 3.63) is 29.6 Å². The number of halogens is 1. The van der Waals surface area contributed by atoms with E-state index in [0.29, 0.717) is 0 Å². The van der Waals surface area contributed by atoms with Gasteiger partial charge in [-0.15, -0.1) is 0 Å². The molecular formula is C11H16FNO. The lowest BCUT2D eigenvalue weighted by atomic mass is 10.1. The average Bonchev–Trinajstić information content (AvgIpc) is 2.08. The van der Waals surface area contributed by atoms with Gasteiger partial charge >= 0.3 is 0 Å².